The Hall–Kier alpha value is -2.36. The fourth-order valence-corrected chi connectivity index (χ4v) is 2.45. The van der Waals surface area contributed by atoms with Gasteiger partial charge in [0.1, 0.15) is 0 Å². The number of fused-ring (bicyclic) bond motifs is 1. The molecule has 2 rings (SSSR count). The normalized spacial score (nSPS) is 10.5. The van der Waals surface area contributed by atoms with Gasteiger partial charge in [0.15, 0.2) is 0 Å². The average molecular weight is 298 g/mol. The summed E-state index contributed by atoms with van der Waals surface area (Å²) in [6, 6.07) is 13.5. The first kappa shape index (κ1) is 16.0. The quantitative estimate of drug-likeness (QED) is 0.891. The lowest BCUT2D eigenvalue weighted by atomic mass is 10.1. The predicted molar refractivity (Wildman–Crippen MR) is 88.8 cm³/mol. The minimum Gasteiger partial charge on any atom is -0.352 e. The van der Waals surface area contributed by atoms with Crippen LogP contribution in [0.2, 0.25) is 0 Å². The molecule has 0 saturated carbocycles. The molecule has 2 amide bonds. The fraction of sp³-hybridized carbons (Fsp3) is 0.333. The summed E-state index contributed by atoms with van der Waals surface area (Å²) in [4.78, 5) is 25.8. The zero-order valence-electron chi connectivity index (χ0n) is 13.1. The van der Waals surface area contributed by atoms with Crippen LogP contribution in [-0.4, -0.2) is 36.3 Å². The van der Waals surface area contributed by atoms with E-state index in [1.54, 1.807) is 4.90 Å². The van der Waals surface area contributed by atoms with E-state index in [-0.39, 0.29) is 11.8 Å². The van der Waals surface area contributed by atoms with Gasteiger partial charge in [0.05, 0.1) is 0 Å². The first-order chi connectivity index (χ1) is 10.7. The molecule has 0 unspecified atom stereocenters. The van der Waals surface area contributed by atoms with Crippen LogP contribution in [0.1, 0.15) is 30.6 Å². The van der Waals surface area contributed by atoms with Gasteiger partial charge < -0.3 is 10.2 Å². The van der Waals surface area contributed by atoms with Crippen molar-refractivity contribution in [3.05, 3.63) is 48.0 Å². The zero-order chi connectivity index (χ0) is 15.9. The molecule has 0 aromatic heterocycles. The van der Waals surface area contributed by atoms with Crippen molar-refractivity contribution in [3.63, 3.8) is 0 Å². The molecular formula is C18H22N2O2. The monoisotopic (exact) mass is 298 g/mol. The van der Waals surface area contributed by atoms with Gasteiger partial charge >= 0.3 is 0 Å². The van der Waals surface area contributed by atoms with Crippen LogP contribution in [0.15, 0.2) is 42.5 Å². The van der Waals surface area contributed by atoms with Crippen molar-refractivity contribution in [2.45, 2.75) is 20.3 Å². The highest BCUT2D eigenvalue weighted by Gasteiger charge is 2.10. The van der Waals surface area contributed by atoms with Crippen molar-refractivity contribution in [2.24, 2.45) is 0 Å². The molecule has 4 nitrogen and oxygen atoms in total. The van der Waals surface area contributed by atoms with E-state index in [1.807, 2.05) is 56.3 Å². The van der Waals surface area contributed by atoms with Crippen LogP contribution < -0.4 is 5.32 Å². The van der Waals surface area contributed by atoms with Gasteiger partial charge in [0, 0.05) is 31.6 Å². The first-order valence-corrected chi connectivity index (χ1v) is 7.70. The SMILES string of the molecule is CCN(CC)C(=O)CCNC(=O)c1ccc2ccccc2c1. The summed E-state index contributed by atoms with van der Waals surface area (Å²) in [5.41, 5.74) is 0.619. The van der Waals surface area contributed by atoms with Crippen molar-refractivity contribution < 1.29 is 9.59 Å². The van der Waals surface area contributed by atoms with Gasteiger partial charge in [0.2, 0.25) is 5.91 Å². The van der Waals surface area contributed by atoms with Crippen molar-refractivity contribution in [1.29, 1.82) is 0 Å². The molecule has 0 aliphatic rings. The van der Waals surface area contributed by atoms with Crippen LogP contribution in [0.25, 0.3) is 10.8 Å². The summed E-state index contributed by atoms with van der Waals surface area (Å²) < 4.78 is 0. The molecular weight excluding hydrogens is 276 g/mol. The van der Waals surface area contributed by atoms with E-state index < -0.39 is 0 Å². The molecule has 22 heavy (non-hydrogen) atoms. The van der Waals surface area contributed by atoms with E-state index in [9.17, 15) is 9.59 Å². The molecule has 0 heterocycles. The van der Waals surface area contributed by atoms with Crippen LogP contribution >= 0.6 is 0 Å². The number of hydrogen-bond donors (Lipinski definition) is 1. The highest BCUT2D eigenvalue weighted by molar-refractivity contribution is 5.98. The second kappa shape index (κ2) is 7.59. The lowest BCUT2D eigenvalue weighted by molar-refractivity contribution is -0.130. The first-order valence-electron chi connectivity index (χ1n) is 7.70. The summed E-state index contributed by atoms with van der Waals surface area (Å²) >= 11 is 0. The number of carbonyl (C=O) groups excluding carboxylic acids is 2. The second-order valence-electron chi connectivity index (χ2n) is 5.13. The van der Waals surface area contributed by atoms with Crippen LogP contribution in [0.3, 0.4) is 0 Å². The highest BCUT2D eigenvalue weighted by Crippen LogP contribution is 2.15. The Kier molecular flexibility index (Phi) is 5.53. The van der Waals surface area contributed by atoms with Crippen molar-refractivity contribution in [2.75, 3.05) is 19.6 Å². The third kappa shape index (κ3) is 3.85. The molecule has 2 aromatic carbocycles. The second-order valence-corrected chi connectivity index (χ2v) is 5.13. The van der Waals surface area contributed by atoms with Gasteiger partial charge in [-0.05, 0) is 36.8 Å². The number of carbonyl (C=O) groups is 2. The number of nitrogens with zero attached hydrogens (tertiary/aromatic N) is 1. The molecule has 0 spiro atoms. The molecule has 0 fully saturated rings. The van der Waals surface area contributed by atoms with Gasteiger partial charge in [-0.15, -0.1) is 0 Å². The van der Waals surface area contributed by atoms with Gasteiger partial charge in [-0.25, -0.2) is 0 Å². The molecule has 0 aliphatic carbocycles. The van der Waals surface area contributed by atoms with E-state index in [4.69, 9.17) is 0 Å². The summed E-state index contributed by atoms with van der Waals surface area (Å²) in [6.07, 6.45) is 0.334. The maximum Gasteiger partial charge on any atom is 0.251 e. The number of amides is 2. The maximum absolute atomic E-state index is 12.1. The minimum absolute atomic E-state index is 0.0730. The topological polar surface area (TPSA) is 49.4 Å². The summed E-state index contributed by atoms with van der Waals surface area (Å²) in [6.45, 7) is 5.67. The summed E-state index contributed by atoms with van der Waals surface area (Å²) in [5, 5.41) is 4.95. The Morgan fingerprint density at radius 3 is 2.36 bits per heavy atom. The molecule has 0 aliphatic heterocycles. The minimum atomic E-state index is -0.141. The average Bonchev–Trinajstić information content (AvgIpc) is 2.55. The Bertz CT molecular complexity index is 663. The maximum atomic E-state index is 12.1. The molecule has 2 aromatic rings. The Labute approximate surface area is 131 Å². The lowest BCUT2D eigenvalue weighted by Crippen LogP contribution is -2.34. The van der Waals surface area contributed by atoms with Crippen LogP contribution in [0, 0.1) is 0 Å². The number of rotatable bonds is 6. The van der Waals surface area contributed by atoms with Crippen LogP contribution in [-0.2, 0) is 4.79 Å². The Balaban J connectivity index is 1.92. The highest BCUT2D eigenvalue weighted by atomic mass is 16.2. The molecule has 4 heteroatoms. The van der Waals surface area contributed by atoms with Crippen LogP contribution in [0.5, 0.6) is 0 Å². The Morgan fingerprint density at radius 2 is 1.68 bits per heavy atom. The largest absolute Gasteiger partial charge is 0.352 e. The molecule has 0 saturated heterocycles. The predicted octanol–water partition coefficient (Wildman–Crippen LogP) is 2.83. The van der Waals surface area contributed by atoms with Crippen LogP contribution in [0.4, 0.5) is 0 Å². The van der Waals surface area contributed by atoms with E-state index >= 15 is 0 Å². The van der Waals surface area contributed by atoms with E-state index in [0.717, 1.165) is 10.8 Å². The molecule has 116 valence electrons. The third-order valence-electron chi connectivity index (χ3n) is 3.75. The van der Waals surface area contributed by atoms with Gasteiger partial charge in [-0.1, -0.05) is 30.3 Å². The van der Waals surface area contributed by atoms with Gasteiger partial charge in [-0.3, -0.25) is 9.59 Å². The molecule has 0 atom stereocenters. The number of benzene rings is 2. The summed E-state index contributed by atoms with van der Waals surface area (Å²) in [5.74, 6) is -0.0677. The summed E-state index contributed by atoms with van der Waals surface area (Å²) in [7, 11) is 0. The smallest absolute Gasteiger partial charge is 0.251 e. The van der Waals surface area contributed by atoms with Crippen molar-refractivity contribution in [1.82, 2.24) is 10.2 Å². The molecule has 0 bridgehead atoms. The number of nitrogens with one attached hydrogen (secondary N) is 1. The van der Waals surface area contributed by atoms with E-state index in [2.05, 4.69) is 5.32 Å². The standard InChI is InChI=1S/C18H22N2O2/c1-3-20(4-2)17(21)11-12-19-18(22)16-10-9-14-7-5-6-8-15(14)13-16/h5-10,13H,3-4,11-12H2,1-2H3,(H,19,22). The lowest BCUT2D eigenvalue weighted by Gasteiger charge is -2.18. The van der Waals surface area contributed by atoms with Gasteiger partial charge in [-0.2, -0.15) is 0 Å². The zero-order valence-corrected chi connectivity index (χ0v) is 13.1. The molecule has 1 N–H and O–H groups in total. The van der Waals surface area contributed by atoms with E-state index in [0.29, 0.717) is 31.6 Å². The molecule has 0 radical (unpaired) electrons. The van der Waals surface area contributed by atoms with Crippen molar-refractivity contribution >= 4 is 22.6 Å². The Morgan fingerprint density at radius 1 is 1.00 bits per heavy atom. The van der Waals surface area contributed by atoms with Crippen molar-refractivity contribution in [3.8, 4) is 0 Å². The van der Waals surface area contributed by atoms with E-state index in [1.165, 1.54) is 0 Å². The van der Waals surface area contributed by atoms with Gasteiger partial charge in [0.25, 0.3) is 5.91 Å². The number of hydrogen-bond acceptors (Lipinski definition) is 2. The fourth-order valence-electron chi connectivity index (χ4n) is 2.45. The third-order valence-corrected chi connectivity index (χ3v) is 3.75.